The molecule has 2 heteroatoms. The summed E-state index contributed by atoms with van der Waals surface area (Å²) in [6, 6.07) is 0. The third-order valence-corrected chi connectivity index (χ3v) is 3.62. The zero-order valence-corrected chi connectivity index (χ0v) is 10.8. The van der Waals surface area contributed by atoms with Gasteiger partial charge in [0, 0.05) is 19.6 Å². The van der Waals surface area contributed by atoms with Gasteiger partial charge in [0.1, 0.15) is 0 Å². The molecule has 0 spiro atoms. The number of nitrogens with zero attached hydrogens (tertiary/aromatic N) is 2. The molecule has 90 valence electrons. The first-order chi connectivity index (χ1) is 7.26. The van der Waals surface area contributed by atoms with Gasteiger partial charge in [0.15, 0.2) is 0 Å². The van der Waals surface area contributed by atoms with Gasteiger partial charge in [0.2, 0.25) is 0 Å². The molecular weight excluding hydrogens is 184 g/mol. The minimum absolute atomic E-state index is 0.907. The van der Waals surface area contributed by atoms with E-state index in [1.165, 1.54) is 58.5 Å². The second-order valence-electron chi connectivity index (χ2n) is 4.93. The molecule has 0 aromatic rings. The lowest BCUT2D eigenvalue weighted by molar-refractivity contribution is 0.205. The molecule has 0 radical (unpaired) electrons. The summed E-state index contributed by atoms with van der Waals surface area (Å²) in [5.74, 6) is 0.907. The highest BCUT2D eigenvalue weighted by atomic mass is 15.2. The molecule has 1 aliphatic heterocycles. The van der Waals surface area contributed by atoms with Crippen LogP contribution in [0.3, 0.4) is 0 Å². The van der Waals surface area contributed by atoms with E-state index < -0.39 is 0 Å². The van der Waals surface area contributed by atoms with Gasteiger partial charge in [-0.05, 0) is 38.4 Å². The van der Waals surface area contributed by atoms with Crippen molar-refractivity contribution in [2.75, 3.05) is 39.3 Å². The van der Waals surface area contributed by atoms with E-state index in [1.54, 1.807) is 0 Å². The average molecular weight is 212 g/mol. The van der Waals surface area contributed by atoms with E-state index in [2.05, 4.69) is 30.6 Å². The molecule has 1 heterocycles. The summed E-state index contributed by atoms with van der Waals surface area (Å²) in [6.07, 6.45) is 4.27. The molecule has 1 atom stereocenters. The Hall–Kier alpha value is -0.0800. The fourth-order valence-electron chi connectivity index (χ4n) is 2.48. The van der Waals surface area contributed by atoms with Crippen LogP contribution in [0.25, 0.3) is 0 Å². The number of hydrogen-bond acceptors (Lipinski definition) is 2. The molecule has 0 saturated carbocycles. The van der Waals surface area contributed by atoms with Crippen LogP contribution in [0.15, 0.2) is 0 Å². The highest BCUT2D eigenvalue weighted by Gasteiger charge is 2.14. The number of likely N-dealkylation sites (N-methyl/N-ethyl adjacent to an activating group) is 1. The summed E-state index contributed by atoms with van der Waals surface area (Å²) in [5, 5.41) is 0. The van der Waals surface area contributed by atoms with Crippen molar-refractivity contribution in [3.63, 3.8) is 0 Å². The van der Waals surface area contributed by atoms with Gasteiger partial charge in [-0.3, -0.25) is 0 Å². The Balaban J connectivity index is 2.23. The highest BCUT2D eigenvalue weighted by molar-refractivity contribution is 4.69. The normalized spacial score (nSPS) is 24.4. The van der Waals surface area contributed by atoms with Gasteiger partial charge in [-0.15, -0.1) is 0 Å². The second kappa shape index (κ2) is 7.24. The van der Waals surface area contributed by atoms with E-state index in [0.717, 1.165) is 5.92 Å². The van der Waals surface area contributed by atoms with Crippen LogP contribution in [0.2, 0.25) is 0 Å². The predicted octanol–water partition coefficient (Wildman–Crippen LogP) is 2.45. The molecule has 0 aromatic carbocycles. The van der Waals surface area contributed by atoms with Gasteiger partial charge in [-0.1, -0.05) is 27.2 Å². The lowest BCUT2D eigenvalue weighted by Gasteiger charge is -2.26. The third kappa shape index (κ3) is 4.98. The van der Waals surface area contributed by atoms with Gasteiger partial charge in [-0.2, -0.15) is 0 Å². The van der Waals surface area contributed by atoms with Gasteiger partial charge in [0.25, 0.3) is 0 Å². The van der Waals surface area contributed by atoms with E-state index in [1.807, 2.05) is 0 Å². The summed E-state index contributed by atoms with van der Waals surface area (Å²) < 4.78 is 0. The van der Waals surface area contributed by atoms with Crippen LogP contribution >= 0.6 is 0 Å². The van der Waals surface area contributed by atoms with E-state index in [0.29, 0.717) is 0 Å². The Labute approximate surface area is 95.6 Å². The van der Waals surface area contributed by atoms with Gasteiger partial charge in [0.05, 0.1) is 0 Å². The minimum atomic E-state index is 0.907. The van der Waals surface area contributed by atoms with Crippen LogP contribution in [0.1, 0.15) is 40.0 Å². The average Bonchev–Trinajstić information content (AvgIpc) is 2.44. The lowest BCUT2D eigenvalue weighted by Crippen LogP contribution is -2.36. The van der Waals surface area contributed by atoms with Crippen LogP contribution < -0.4 is 0 Å². The Morgan fingerprint density at radius 2 is 1.93 bits per heavy atom. The highest BCUT2D eigenvalue weighted by Crippen LogP contribution is 2.15. The predicted molar refractivity (Wildman–Crippen MR) is 67.2 cm³/mol. The van der Waals surface area contributed by atoms with Crippen LogP contribution in [0.5, 0.6) is 0 Å². The number of rotatable bonds is 5. The maximum atomic E-state index is 2.66. The Morgan fingerprint density at radius 3 is 2.60 bits per heavy atom. The van der Waals surface area contributed by atoms with E-state index in [4.69, 9.17) is 0 Å². The van der Waals surface area contributed by atoms with Crippen LogP contribution in [0.4, 0.5) is 0 Å². The van der Waals surface area contributed by atoms with Crippen molar-refractivity contribution in [1.82, 2.24) is 9.80 Å². The van der Waals surface area contributed by atoms with Crippen molar-refractivity contribution in [3.8, 4) is 0 Å². The lowest BCUT2D eigenvalue weighted by atomic mass is 10.1. The van der Waals surface area contributed by atoms with E-state index in [-0.39, 0.29) is 0 Å². The van der Waals surface area contributed by atoms with Crippen LogP contribution in [-0.2, 0) is 0 Å². The van der Waals surface area contributed by atoms with Gasteiger partial charge >= 0.3 is 0 Å². The maximum absolute atomic E-state index is 2.66. The summed E-state index contributed by atoms with van der Waals surface area (Å²) in [5.41, 5.74) is 0. The topological polar surface area (TPSA) is 6.48 Å². The molecule has 0 bridgehead atoms. The van der Waals surface area contributed by atoms with Crippen molar-refractivity contribution < 1.29 is 0 Å². The molecule has 1 unspecified atom stereocenters. The second-order valence-corrected chi connectivity index (χ2v) is 4.93. The molecule has 1 fully saturated rings. The first-order valence-corrected chi connectivity index (χ1v) is 6.71. The summed E-state index contributed by atoms with van der Waals surface area (Å²) >= 11 is 0. The molecule has 0 amide bonds. The first kappa shape index (κ1) is 13.0. The molecule has 1 rings (SSSR count). The molecule has 0 N–H and O–H groups in total. The van der Waals surface area contributed by atoms with E-state index in [9.17, 15) is 0 Å². The van der Waals surface area contributed by atoms with Gasteiger partial charge < -0.3 is 9.80 Å². The number of hydrogen-bond donors (Lipinski definition) is 0. The van der Waals surface area contributed by atoms with E-state index >= 15 is 0 Å². The zero-order valence-electron chi connectivity index (χ0n) is 10.8. The molecular formula is C13H28N2. The third-order valence-electron chi connectivity index (χ3n) is 3.62. The largest absolute Gasteiger partial charge is 0.303 e. The van der Waals surface area contributed by atoms with Crippen molar-refractivity contribution >= 4 is 0 Å². The first-order valence-electron chi connectivity index (χ1n) is 6.71. The maximum Gasteiger partial charge on any atom is 0.0109 e. The van der Waals surface area contributed by atoms with Crippen molar-refractivity contribution in [3.05, 3.63) is 0 Å². The van der Waals surface area contributed by atoms with Gasteiger partial charge in [-0.25, -0.2) is 0 Å². The van der Waals surface area contributed by atoms with Crippen LogP contribution in [0, 0.1) is 5.92 Å². The monoisotopic (exact) mass is 212 g/mol. The smallest absolute Gasteiger partial charge is 0.0109 e. The number of likely N-dealkylation sites (tertiary alicyclic amines) is 1. The molecule has 15 heavy (non-hydrogen) atoms. The molecule has 2 nitrogen and oxygen atoms in total. The quantitative estimate of drug-likeness (QED) is 0.691. The summed E-state index contributed by atoms with van der Waals surface area (Å²) in [6.45, 7) is 14.5. The SMILES string of the molecule is CCN(CC)CCN1CCCCC(C)C1. The van der Waals surface area contributed by atoms with Crippen molar-refractivity contribution in [2.45, 2.75) is 40.0 Å². The Bertz CT molecular complexity index is 155. The minimum Gasteiger partial charge on any atom is -0.303 e. The standard InChI is InChI=1S/C13H28N2/c1-4-14(5-2)10-11-15-9-7-6-8-13(3)12-15/h13H,4-12H2,1-3H3. The molecule has 0 aromatic heterocycles. The van der Waals surface area contributed by atoms with Crippen LogP contribution in [-0.4, -0.2) is 49.1 Å². The zero-order chi connectivity index (χ0) is 11.1. The Kier molecular flexibility index (Phi) is 6.26. The molecule has 0 aliphatic carbocycles. The fraction of sp³-hybridized carbons (Fsp3) is 1.00. The van der Waals surface area contributed by atoms with Crippen molar-refractivity contribution in [1.29, 1.82) is 0 Å². The van der Waals surface area contributed by atoms with Crippen molar-refractivity contribution in [2.24, 2.45) is 5.92 Å². The molecule has 1 saturated heterocycles. The summed E-state index contributed by atoms with van der Waals surface area (Å²) in [4.78, 5) is 5.19. The summed E-state index contributed by atoms with van der Waals surface area (Å²) in [7, 11) is 0. The fourth-order valence-corrected chi connectivity index (χ4v) is 2.48. The molecule has 1 aliphatic rings. The Morgan fingerprint density at radius 1 is 1.20 bits per heavy atom.